The molecule has 0 saturated carbocycles. The summed E-state index contributed by atoms with van der Waals surface area (Å²) >= 11 is 0. The van der Waals surface area contributed by atoms with Crippen LogP contribution in [0.1, 0.15) is 11.1 Å². The van der Waals surface area contributed by atoms with Gasteiger partial charge in [-0.25, -0.2) is 15.0 Å². The lowest BCUT2D eigenvalue weighted by Crippen LogP contribution is -2.12. The van der Waals surface area contributed by atoms with Crippen molar-refractivity contribution in [1.29, 1.82) is 0 Å². The number of aromatic nitrogens is 7. The van der Waals surface area contributed by atoms with Gasteiger partial charge in [-0.15, -0.1) is 0 Å². The minimum atomic E-state index is 0.636. The van der Waals surface area contributed by atoms with Crippen LogP contribution in [0.3, 0.4) is 0 Å². The lowest BCUT2D eigenvalue weighted by Gasteiger charge is -2.07. The first-order valence-electron chi connectivity index (χ1n) is 10.7. The van der Waals surface area contributed by atoms with E-state index in [1.165, 1.54) is 5.56 Å². The maximum absolute atomic E-state index is 4.89. The first-order valence-corrected chi connectivity index (χ1v) is 10.7. The van der Waals surface area contributed by atoms with Crippen LogP contribution in [-0.4, -0.2) is 35.1 Å². The van der Waals surface area contributed by atoms with E-state index in [-0.39, 0.29) is 0 Å². The second-order valence-corrected chi connectivity index (χ2v) is 7.80. The van der Waals surface area contributed by atoms with Crippen LogP contribution in [0.25, 0.3) is 45.0 Å². The average molecular weight is 432 g/mol. The molecule has 0 radical (unpaired) electrons. The number of fused-ring (bicyclic) bond motifs is 2. The van der Waals surface area contributed by atoms with Crippen molar-refractivity contribution in [1.82, 2.24) is 40.4 Å². The summed E-state index contributed by atoms with van der Waals surface area (Å²) in [5.74, 6) is 0.636. The first-order chi connectivity index (χ1) is 16.3. The Hall–Kier alpha value is -4.43. The van der Waals surface area contributed by atoms with E-state index in [0.717, 1.165) is 46.5 Å². The number of H-pyrrole nitrogens is 2. The topological polar surface area (TPSA) is 108 Å². The Labute approximate surface area is 189 Å². The fraction of sp³-hybridized carbons (Fsp3) is 0.0800. The van der Waals surface area contributed by atoms with Gasteiger partial charge in [0.25, 0.3) is 0 Å². The molecule has 0 spiro atoms. The highest BCUT2D eigenvalue weighted by Crippen LogP contribution is 2.27. The zero-order valence-corrected chi connectivity index (χ0v) is 17.7. The van der Waals surface area contributed by atoms with Crippen LogP contribution in [-0.2, 0) is 13.1 Å². The maximum atomic E-state index is 4.89. The third kappa shape index (κ3) is 3.83. The summed E-state index contributed by atoms with van der Waals surface area (Å²) in [4.78, 5) is 21.5. The van der Waals surface area contributed by atoms with Crippen molar-refractivity contribution in [2.24, 2.45) is 0 Å². The van der Waals surface area contributed by atoms with Gasteiger partial charge in [0.15, 0.2) is 17.2 Å². The number of nitrogens with zero attached hydrogens (tertiary/aromatic N) is 5. The summed E-state index contributed by atoms with van der Waals surface area (Å²) in [5, 5.41) is 11.0. The number of pyridine rings is 3. The Balaban J connectivity index is 1.28. The summed E-state index contributed by atoms with van der Waals surface area (Å²) in [6.07, 6.45) is 5.44. The van der Waals surface area contributed by atoms with Gasteiger partial charge in [0.1, 0.15) is 5.52 Å². The summed E-state index contributed by atoms with van der Waals surface area (Å²) in [5.41, 5.74) is 7.90. The van der Waals surface area contributed by atoms with Gasteiger partial charge in [0.2, 0.25) is 0 Å². The van der Waals surface area contributed by atoms with Gasteiger partial charge in [0, 0.05) is 37.2 Å². The summed E-state index contributed by atoms with van der Waals surface area (Å²) in [7, 11) is 0. The second kappa shape index (κ2) is 8.25. The average Bonchev–Trinajstić information content (AvgIpc) is 3.48. The number of nitrogens with one attached hydrogen (secondary N) is 3. The molecule has 160 valence electrons. The molecule has 8 heteroatoms. The zero-order valence-electron chi connectivity index (χ0n) is 17.7. The number of benzene rings is 1. The van der Waals surface area contributed by atoms with E-state index >= 15 is 0 Å². The van der Waals surface area contributed by atoms with Crippen LogP contribution in [0.2, 0.25) is 0 Å². The Kier molecular flexibility index (Phi) is 4.82. The van der Waals surface area contributed by atoms with Gasteiger partial charge >= 0.3 is 0 Å². The molecule has 8 nitrogen and oxygen atoms in total. The summed E-state index contributed by atoms with van der Waals surface area (Å²) in [6, 6.07) is 20.2. The summed E-state index contributed by atoms with van der Waals surface area (Å²) < 4.78 is 0. The third-order valence-corrected chi connectivity index (χ3v) is 5.48. The molecule has 1 aromatic carbocycles. The van der Waals surface area contributed by atoms with Crippen molar-refractivity contribution in [3.05, 3.63) is 90.4 Å². The fourth-order valence-corrected chi connectivity index (χ4v) is 3.85. The molecule has 6 aromatic rings. The number of rotatable bonds is 6. The highest BCUT2D eigenvalue weighted by atomic mass is 15.2. The molecular weight excluding hydrogens is 412 g/mol. The van der Waals surface area contributed by atoms with E-state index < -0.39 is 0 Å². The molecule has 0 bridgehead atoms. The molecule has 6 rings (SSSR count). The Bertz CT molecular complexity index is 1520. The molecule has 0 atom stereocenters. The molecule has 0 amide bonds. The largest absolute Gasteiger partial charge is 0.335 e. The fourth-order valence-electron chi connectivity index (χ4n) is 3.85. The maximum Gasteiger partial charge on any atom is 0.178 e. The van der Waals surface area contributed by atoms with Crippen molar-refractivity contribution in [2.75, 3.05) is 0 Å². The number of hydrogen-bond donors (Lipinski definition) is 3. The van der Waals surface area contributed by atoms with Crippen molar-refractivity contribution < 1.29 is 0 Å². The summed E-state index contributed by atoms with van der Waals surface area (Å²) in [6.45, 7) is 1.53. The monoisotopic (exact) mass is 432 g/mol. The van der Waals surface area contributed by atoms with Crippen molar-refractivity contribution in [3.63, 3.8) is 0 Å². The molecule has 5 aromatic heterocycles. The van der Waals surface area contributed by atoms with E-state index in [4.69, 9.17) is 4.98 Å². The smallest absolute Gasteiger partial charge is 0.178 e. The van der Waals surface area contributed by atoms with Crippen LogP contribution in [0.4, 0.5) is 0 Å². The minimum Gasteiger partial charge on any atom is -0.335 e. The van der Waals surface area contributed by atoms with Crippen molar-refractivity contribution >= 4 is 22.2 Å². The number of hydrogen-bond acceptors (Lipinski definition) is 6. The predicted octanol–water partition coefficient (Wildman–Crippen LogP) is 4.25. The standard InChI is InChI=1S/C25H20N8/c1-2-5-16(6-3-1)12-26-13-17-11-18(15-27-14-17)19-8-9-20-22(29-19)23(33-32-20)25-30-21-7-4-10-28-24(21)31-25/h1-11,14-15,26H,12-13H2,(H,32,33)(H,28,30,31). The van der Waals surface area contributed by atoms with E-state index in [1.807, 2.05) is 54.9 Å². The van der Waals surface area contributed by atoms with E-state index in [2.05, 4.69) is 53.6 Å². The Morgan fingerprint density at radius 1 is 0.818 bits per heavy atom. The lowest BCUT2D eigenvalue weighted by molar-refractivity contribution is 0.691. The van der Waals surface area contributed by atoms with Gasteiger partial charge in [-0.3, -0.25) is 10.1 Å². The quantitative estimate of drug-likeness (QED) is 0.363. The highest BCUT2D eigenvalue weighted by Gasteiger charge is 2.15. The van der Waals surface area contributed by atoms with Crippen LogP contribution in [0, 0.1) is 0 Å². The molecular formula is C25H20N8. The molecule has 0 aliphatic rings. The van der Waals surface area contributed by atoms with Gasteiger partial charge in [-0.1, -0.05) is 30.3 Å². The van der Waals surface area contributed by atoms with Crippen LogP contribution in [0.15, 0.2) is 79.3 Å². The molecule has 0 aliphatic carbocycles. The van der Waals surface area contributed by atoms with Crippen molar-refractivity contribution in [3.8, 4) is 22.8 Å². The molecule has 0 aliphatic heterocycles. The molecule has 33 heavy (non-hydrogen) atoms. The first kappa shape index (κ1) is 19.3. The third-order valence-electron chi connectivity index (χ3n) is 5.48. The van der Waals surface area contributed by atoms with Crippen molar-refractivity contribution in [2.45, 2.75) is 13.1 Å². The predicted molar refractivity (Wildman–Crippen MR) is 127 cm³/mol. The molecule has 3 N–H and O–H groups in total. The minimum absolute atomic E-state index is 0.636. The SMILES string of the molecule is c1ccc(CNCc2cncc(-c3ccc4[nH]nc(-c5nc6ncccc6[nH]5)c4n3)c2)cc1. The molecule has 5 heterocycles. The van der Waals surface area contributed by atoms with Gasteiger partial charge in [0.05, 0.1) is 16.7 Å². The van der Waals surface area contributed by atoms with Crippen LogP contribution < -0.4 is 5.32 Å². The zero-order chi connectivity index (χ0) is 22.0. The molecule has 0 unspecified atom stereocenters. The van der Waals surface area contributed by atoms with Crippen LogP contribution >= 0.6 is 0 Å². The molecule has 0 saturated heterocycles. The van der Waals surface area contributed by atoms with E-state index in [1.54, 1.807) is 6.20 Å². The lowest BCUT2D eigenvalue weighted by atomic mass is 10.1. The Morgan fingerprint density at radius 2 is 1.73 bits per heavy atom. The molecule has 0 fully saturated rings. The number of imidazole rings is 1. The van der Waals surface area contributed by atoms with Crippen LogP contribution in [0.5, 0.6) is 0 Å². The highest BCUT2D eigenvalue weighted by molar-refractivity contribution is 5.90. The van der Waals surface area contributed by atoms with Gasteiger partial charge in [-0.05, 0) is 41.5 Å². The van der Waals surface area contributed by atoms with E-state index in [0.29, 0.717) is 17.2 Å². The van der Waals surface area contributed by atoms with E-state index in [9.17, 15) is 0 Å². The second-order valence-electron chi connectivity index (χ2n) is 7.80. The van der Waals surface area contributed by atoms with Gasteiger partial charge in [-0.2, -0.15) is 5.10 Å². The normalized spacial score (nSPS) is 11.4. The number of aromatic amines is 2. The Morgan fingerprint density at radius 3 is 2.64 bits per heavy atom. The van der Waals surface area contributed by atoms with Gasteiger partial charge < -0.3 is 10.3 Å².